The van der Waals surface area contributed by atoms with E-state index in [1.165, 1.54) is 29.3 Å². The van der Waals surface area contributed by atoms with E-state index in [0.29, 0.717) is 11.5 Å². The summed E-state index contributed by atoms with van der Waals surface area (Å²) in [7, 11) is 0. The van der Waals surface area contributed by atoms with Gasteiger partial charge in [-0.2, -0.15) is 0 Å². The Morgan fingerprint density at radius 1 is 1.38 bits per heavy atom. The highest BCUT2D eigenvalue weighted by Gasteiger charge is 2.45. The van der Waals surface area contributed by atoms with Gasteiger partial charge in [-0.05, 0) is 43.2 Å². The van der Waals surface area contributed by atoms with Crippen LogP contribution in [0.3, 0.4) is 0 Å². The van der Waals surface area contributed by atoms with E-state index in [9.17, 15) is 0 Å². The molecule has 1 saturated carbocycles. The van der Waals surface area contributed by atoms with Crippen LogP contribution in [0.15, 0.2) is 30.5 Å². The number of aromatic amines is 1. The van der Waals surface area contributed by atoms with Crippen LogP contribution < -0.4 is 5.73 Å². The number of rotatable bonds is 3. The second-order valence-electron chi connectivity index (χ2n) is 5.19. The molecule has 0 amide bonds. The van der Waals surface area contributed by atoms with Crippen LogP contribution in [-0.2, 0) is 6.42 Å². The standard InChI is InChI=1S/C14H18N2/c1-10(15)14(6-7-14)8-11-9-16-13-5-3-2-4-12(11)13/h2-5,9-10,16H,6-8,15H2,1H3. The molecule has 16 heavy (non-hydrogen) atoms. The highest BCUT2D eigenvalue weighted by atomic mass is 14.7. The Labute approximate surface area is 95.8 Å². The van der Waals surface area contributed by atoms with E-state index in [2.05, 4.69) is 42.4 Å². The van der Waals surface area contributed by atoms with E-state index in [1.807, 2.05) is 0 Å². The van der Waals surface area contributed by atoms with E-state index in [1.54, 1.807) is 0 Å². The first-order chi connectivity index (χ1) is 7.71. The van der Waals surface area contributed by atoms with Crippen molar-refractivity contribution in [3.8, 4) is 0 Å². The third-order valence-electron chi connectivity index (χ3n) is 4.08. The van der Waals surface area contributed by atoms with E-state index < -0.39 is 0 Å². The minimum atomic E-state index is 0.307. The molecular formula is C14H18N2. The predicted octanol–water partition coefficient (Wildman–Crippen LogP) is 2.84. The van der Waals surface area contributed by atoms with Crippen LogP contribution >= 0.6 is 0 Å². The van der Waals surface area contributed by atoms with Crippen LogP contribution in [0.25, 0.3) is 10.9 Å². The Balaban J connectivity index is 1.95. The van der Waals surface area contributed by atoms with Crippen LogP contribution in [0.2, 0.25) is 0 Å². The molecule has 0 saturated heterocycles. The molecule has 0 radical (unpaired) electrons. The van der Waals surface area contributed by atoms with E-state index in [4.69, 9.17) is 5.73 Å². The van der Waals surface area contributed by atoms with Crippen LogP contribution in [0.1, 0.15) is 25.3 Å². The molecule has 1 heterocycles. The van der Waals surface area contributed by atoms with Crippen molar-refractivity contribution in [2.45, 2.75) is 32.2 Å². The fourth-order valence-corrected chi connectivity index (χ4v) is 2.61. The maximum Gasteiger partial charge on any atom is 0.0456 e. The molecule has 1 atom stereocenters. The van der Waals surface area contributed by atoms with Gasteiger partial charge in [0.25, 0.3) is 0 Å². The van der Waals surface area contributed by atoms with Crippen LogP contribution in [0, 0.1) is 5.41 Å². The van der Waals surface area contributed by atoms with Gasteiger partial charge in [0, 0.05) is 23.1 Å². The Bertz CT molecular complexity index is 506. The van der Waals surface area contributed by atoms with Gasteiger partial charge in [0.2, 0.25) is 0 Å². The molecule has 1 unspecified atom stereocenters. The number of aromatic nitrogens is 1. The average molecular weight is 214 g/mol. The summed E-state index contributed by atoms with van der Waals surface area (Å²) in [4.78, 5) is 3.34. The summed E-state index contributed by atoms with van der Waals surface area (Å²) in [6.07, 6.45) is 5.83. The number of benzene rings is 1. The third-order valence-corrected chi connectivity index (χ3v) is 4.08. The van der Waals surface area contributed by atoms with E-state index >= 15 is 0 Å². The van der Waals surface area contributed by atoms with Gasteiger partial charge in [-0.1, -0.05) is 18.2 Å². The molecule has 1 aromatic heterocycles. The molecule has 0 aliphatic heterocycles. The van der Waals surface area contributed by atoms with Crippen molar-refractivity contribution >= 4 is 10.9 Å². The summed E-state index contributed by atoms with van der Waals surface area (Å²) in [5.74, 6) is 0. The highest BCUT2D eigenvalue weighted by Crippen LogP contribution is 2.51. The Morgan fingerprint density at radius 2 is 2.12 bits per heavy atom. The monoisotopic (exact) mass is 214 g/mol. The van der Waals surface area contributed by atoms with Crippen molar-refractivity contribution in [1.29, 1.82) is 0 Å². The van der Waals surface area contributed by atoms with Crippen LogP contribution in [-0.4, -0.2) is 11.0 Å². The lowest BCUT2D eigenvalue weighted by Crippen LogP contribution is -2.29. The summed E-state index contributed by atoms with van der Waals surface area (Å²) in [6.45, 7) is 2.14. The Kier molecular flexibility index (Phi) is 2.08. The highest BCUT2D eigenvalue weighted by molar-refractivity contribution is 5.83. The molecule has 2 nitrogen and oxygen atoms in total. The first kappa shape index (κ1) is 9.91. The average Bonchev–Trinajstić information content (AvgIpc) is 2.96. The first-order valence-corrected chi connectivity index (χ1v) is 6.02. The molecule has 0 spiro atoms. The zero-order chi connectivity index (χ0) is 11.2. The van der Waals surface area contributed by atoms with Crippen molar-refractivity contribution in [3.63, 3.8) is 0 Å². The summed E-state index contributed by atoms with van der Waals surface area (Å²) in [5.41, 5.74) is 9.12. The van der Waals surface area contributed by atoms with Gasteiger partial charge < -0.3 is 10.7 Å². The summed E-state index contributed by atoms with van der Waals surface area (Å²) in [5, 5.41) is 1.36. The number of nitrogens with two attached hydrogens (primary N) is 1. The van der Waals surface area contributed by atoms with Crippen molar-refractivity contribution < 1.29 is 0 Å². The largest absolute Gasteiger partial charge is 0.361 e. The Hall–Kier alpha value is -1.28. The van der Waals surface area contributed by atoms with Gasteiger partial charge in [-0.25, -0.2) is 0 Å². The molecule has 1 aliphatic rings. The lowest BCUT2D eigenvalue weighted by molar-refractivity contribution is 0.420. The summed E-state index contributed by atoms with van der Waals surface area (Å²) < 4.78 is 0. The van der Waals surface area contributed by atoms with E-state index in [-0.39, 0.29) is 0 Å². The van der Waals surface area contributed by atoms with Gasteiger partial charge in [-0.3, -0.25) is 0 Å². The van der Waals surface area contributed by atoms with Crippen LogP contribution in [0.4, 0.5) is 0 Å². The normalized spacial score (nSPS) is 19.9. The quantitative estimate of drug-likeness (QED) is 0.810. The second kappa shape index (κ2) is 3.36. The van der Waals surface area contributed by atoms with Crippen LogP contribution in [0.5, 0.6) is 0 Å². The number of nitrogens with one attached hydrogen (secondary N) is 1. The van der Waals surface area contributed by atoms with Gasteiger partial charge in [-0.15, -0.1) is 0 Å². The van der Waals surface area contributed by atoms with Crippen molar-refractivity contribution in [1.82, 2.24) is 4.98 Å². The lowest BCUT2D eigenvalue weighted by atomic mass is 9.90. The van der Waals surface area contributed by atoms with Gasteiger partial charge in [0.05, 0.1) is 0 Å². The van der Waals surface area contributed by atoms with Gasteiger partial charge in [0.15, 0.2) is 0 Å². The topological polar surface area (TPSA) is 41.8 Å². The number of para-hydroxylation sites is 1. The molecular weight excluding hydrogens is 196 g/mol. The molecule has 3 N–H and O–H groups in total. The number of hydrogen-bond donors (Lipinski definition) is 2. The molecule has 0 bridgehead atoms. The van der Waals surface area contributed by atoms with Gasteiger partial charge >= 0.3 is 0 Å². The van der Waals surface area contributed by atoms with E-state index in [0.717, 1.165) is 6.42 Å². The predicted molar refractivity (Wildman–Crippen MR) is 67.3 cm³/mol. The maximum atomic E-state index is 6.08. The number of fused-ring (bicyclic) bond motifs is 1. The number of H-pyrrole nitrogens is 1. The van der Waals surface area contributed by atoms with Gasteiger partial charge in [0.1, 0.15) is 0 Å². The minimum Gasteiger partial charge on any atom is -0.361 e. The molecule has 1 fully saturated rings. The molecule has 2 aromatic rings. The number of hydrogen-bond acceptors (Lipinski definition) is 1. The fraction of sp³-hybridized carbons (Fsp3) is 0.429. The zero-order valence-corrected chi connectivity index (χ0v) is 9.66. The molecule has 84 valence electrons. The zero-order valence-electron chi connectivity index (χ0n) is 9.66. The summed E-state index contributed by atoms with van der Waals surface area (Å²) in [6, 6.07) is 8.80. The molecule has 3 rings (SSSR count). The van der Waals surface area contributed by atoms with Crippen molar-refractivity contribution in [2.75, 3.05) is 0 Å². The minimum absolute atomic E-state index is 0.307. The second-order valence-corrected chi connectivity index (χ2v) is 5.19. The first-order valence-electron chi connectivity index (χ1n) is 6.02. The molecule has 1 aromatic carbocycles. The van der Waals surface area contributed by atoms with Crippen molar-refractivity contribution in [2.24, 2.45) is 11.1 Å². The maximum absolute atomic E-state index is 6.08. The molecule has 1 aliphatic carbocycles. The fourth-order valence-electron chi connectivity index (χ4n) is 2.61. The lowest BCUT2D eigenvalue weighted by Gasteiger charge is -2.18. The smallest absolute Gasteiger partial charge is 0.0456 e. The van der Waals surface area contributed by atoms with Crippen molar-refractivity contribution in [3.05, 3.63) is 36.0 Å². The summed E-state index contributed by atoms with van der Waals surface area (Å²) >= 11 is 0. The SMILES string of the molecule is CC(N)C1(Cc2c[nH]c3ccccc23)CC1. The molecule has 2 heteroatoms. The Morgan fingerprint density at radius 3 is 2.81 bits per heavy atom. The third kappa shape index (κ3) is 1.45.